The molecule has 0 nitrogen and oxygen atoms in total. The molecule has 3 heteroatoms. The molecule has 0 bridgehead atoms. The molecule has 0 aliphatic rings. The molecule has 1 unspecified atom stereocenters. The van der Waals surface area contributed by atoms with E-state index in [1.54, 1.807) is 0 Å². The van der Waals surface area contributed by atoms with Gasteiger partial charge >= 0.3 is 0 Å². The van der Waals surface area contributed by atoms with Crippen LogP contribution < -0.4 is 0 Å². The molecule has 2 aromatic carbocycles. The first-order chi connectivity index (χ1) is 8.58. The fourth-order valence-corrected chi connectivity index (χ4v) is 3.71. The van der Waals surface area contributed by atoms with E-state index in [0.29, 0.717) is 0 Å². The molecule has 18 heavy (non-hydrogen) atoms. The number of alkyl halides is 1. The van der Waals surface area contributed by atoms with Crippen LogP contribution in [0.3, 0.4) is 0 Å². The van der Waals surface area contributed by atoms with Crippen molar-refractivity contribution in [3.63, 3.8) is 0 Å². The summed E-state index contributed by atoms with van der Waals surface area (Å²) >= 11 is 13.5. The highest BCUT2D eigenvalue weighted by molar-refractivity contribution is 9.11. The second-order valence-electron chi connectivity index (χ2n) is 4.26. The van der Waals surface area contributed by atoms with E-state index in [1.165, 1.54) is 11.1 Å². The standard InChI is InChI=1S/C15H13Br2Cl/c1-10-4-2-3-5-11(10)8-15(18)13-7-6-12(16)9-14(13)17/h2-7,9,15H,8H2,1H3. The zero-order valence-electron chi connectivity index (χ0n) is 9.96. The van der Waals surface area contributed by atoms with Crippen LogP contribution in [0.2, 0.25) is 0 Å². The van der Waals surface area contributed by atoms with Gasteiger partial charge in [-0.3, -0.25) is 0 Å². The van der Waals surface area contributed by atoms with Crippen molar-refractivity contribution in [3.05, 3.63) is 68.1 Å². The largest absolute Gasteiger partial charge is 0.117 e. The summed E-state index contributed by atoms with van der Waals surface area (Å²) in [6.07, 6.45) is 0.842. The molecule has 0 radical (unpaired) electrons. The summed E-state index contributed by atoms with van der Waals surface area (Å²) in [4.78, 5) is 0. The Bertz CT molecular complexity index is 552. The van der Waals surface area contributed by atoms with Gasteiger partial charge in [-0.25, -0.2) is 0 Å². The first-order valence-corrected chi connectivity index (χ1v) is 7.73. The quantitative estimate of drug-likeness (QED) is 0.562. The third kappa shape index (κ3) is 3.37. The number of hydrogen-bond acceptors (Lipinski definition) is 0. The summed E-state index contributed by atoms with van der Waals surface area (Å²) in [7, 11) is 0. The minimum absolute atomic E-state index is 0.0198. The Morgan fingerprint density at radius 1 is 1.11 bits per heavy atom. The summed E-state index contributed by atoms with van der Waals surface area (Å²) < 4.78 is 2.10. The summed E-state index contributed by atoms with van der Waals surface area (Å²) in [6.45, 7) is 2.12. The van der Waals surface area contributed by atoms with Gasteiger partial charge in [0.15, 0.2) is 0 Å². The Hall–Kier alpha value is -0.310. The first-order valence-electron chi connectivity index (χ1n) is 5.71. The zero-order chi connectivity index (χ0) is 13.1. The van der Waals surface area contributed by atoms with E-state index in [4.69, 9.17) is 11.6 Å². The fourth-order valence-electron chi connectivity index (χ4n) is 1.90. The molecule has 0 amide bonds. The average Bonchev–Trinajstić information content (AvgIpc) is 2.32. The molecule has 0 saturated carbocycles. The van der Waals surface area contributed by atoms with E-state index in [-0.39, 0.29) is 5.38 Å². The Balaban J connectivity index is 2.22. The van der Waals surface area contributed by atoms with Crippen LogP contribution in [0.5, 0.6) is 0 Å². The molecule has 1 atom stereocenters. The molecule has 0 aromatic heterocycles. The maximum Gasteiger partial charge on any atom is 0.0636 e. The third-order valence-corrected chi connectivity index (χ3v) is 4.53. The van der Waals surface area contributed by atoms with Crippen LogP contribution in [0.1, 0.15) is 22.1 Å². The second-order valence-corrected chi connectivity index (χ2v) is 6.56. The normalized spacial score (nSPS) is 12.4. The Kier molecular flexibility index (Phi) is 4.88. The molecule has 0 aliphatic heterocycles. The minimum Gasteiger partial charge on any atom is -0.117 e. The van der Waals surface area contributed by atoms with Gasteiger partial charge in [0.2, 0.25) is 0 Å². The van der Waals surface area contributed by atoms with Crippen molar-refractivity contribution < 1.29 is 0 Å². The van der Waals surface area contributed by atoms with Crippen molar-refractivity contribution in [1.82, 2.24) is 0 Å². The summed E-state index contributed by atoms with van der Waals surface area (Å²) in [5.41, 5.74) is 3.71. The Morgan fingerprint density at radius 2 is 1.83 bits per heavy atom. The van der Waals surface area contributed by atoms with Crippen LogP contribution in [0.4, 0.5) is 0 Å². The van der Waals surface area contributed by atoms with Gasteiger partial charge in [-0.2, -0.15) is 0 Å². The van der Waals surface area contributed by atoms with Gasteiger partial charge in [0.25, 0.3) is 0 Å². The van der Waals surface area contributed by atoms with E-state index in [1.807, 2.05) is 12.1 Å². The van der Waals surface area contributed by atoms with Gasteiger partial charge in [0, 0.05) is 8.95 Å². The lowest BCUT2D eigenvalue weighted by Crippen LogP contribution is -1.98. The molecule has 0 aliphatic carbocycles. The maximum atomic E-state index is 6.53. The third-order valence-electron chi connectivity index (χ3n) is 2.96. The summed E-state index contributed by atoms with van der Waals surface area (Å²) in [5.74, 6) is 0. The highest BCUT2D eigenvalue weighted by Crippen LogP contribution is 2.33. The summed E-state index contributed by atoms with van der Waals surface area (Å²) in [6, 6.07) is 14.5. The number of aryl methyl sites for hydroxylation is 1. The molecular formula is C15H13Br2Cl. The topological polar surface area (TPSA) is 0 Å². The van der Waals surface area contributed by atoms with Crippen LogP contribution in [0.25, 0.3) is 0 Å². The van der Waals surface area contributed by atoms with Gasteiger partial charge in [0.1, 0.15) is 0 Å². The van der Waals surface area contributed by atoms with Gasteiger partial charge < -0.3 is 0 Å². The molecule has 94 valence electrons. The van der Waals surface area contributed by atoms with Crippen LogP contribution in [-0.4, -0.2) is 0 Å². The lowest BCUT2D eigenvalue weighted by Gasteiger charge is -2.14. The maximum absolute atomic E-state index is 6.53. The van der Waals surface area contributed by atoms with Gasteiger partial charge in [-0.1, -0.05) is 62.2 Å². The van der Waals surface area contributed by atoms with E-state index in [2.05, 4.69) is 69.1 Å². The average molecular weight is 389 g/mol. The molecule has 0 fully saturated rings. The smallest absolute Gasteiger partial charge is 0.0636 e. The van der Waals surface area contributed by atoms with Crippen LogP contribution >= 0.6 is 43.5 Å². The van der Waals surface area contributed by atoms with Crippen LogP contribution in [0, 0.1) is 6.92 Å². The fraction of sp³-hybridized carbons (Fsp3) is 0.200. The van der Waals surface area contributed by atoms with Crippen molar-refractivity contribution in [2.75, 3.05) is 0 Å². The van der Waals surface area contributed by atoms with Crippen molar-refractivity contribution in [2.45, 2.75) is 18.7 Å². The van der Waals surface area contributed by atoms with E-state index >= 15 is 0 Å². The highest BCUT2D eigenvalue weighted by Gasteiger charge is 2.13. The zero-order valence-corrected chi connectivity index (χ0v) is 13.9. The minimum atomic E-state index is -0.0198. The van der Waals surface area contributed by atoms with Crippen molar-refractivity contribution in [2.24, 2.45) is 0 Å². The van der Waals surface area contributed by atoms with Crippen LogP contribution in [-0.2, 0) is 6.42 Å². The summed E-state index contributed by atoms with van der Waals surface area (Å²) in [5, 5.41) is -0.0198. The Labute approximate surface area is 130 Å². The molecule has 0 saturated heterocycles. The van der Waals surface area contributed by atoms with E-state index in [9.17, 15) is 0 Å². The SMILES string of the molecule is Cc1ccccc1CC(Cl)c1ccc(Br)cc1Br. The molecular weight excluding hydrogens is 375 g/mol. The Morgan fingerprint density at radius 3 is 2.50 bits per heavy atom. The first kappa shape index (κ1) is 14.1. The van der Waals surface area contributed by atoms with Gasteiger partial charge in [-0.15, -0.1) is 11.6 Å². The lowest BCUT2D eigenvalue weighted by molar-refractivity contribution is 0.905. The number of rotatable bonds is 3. The number of halogens is 3. The van der Waals surface area contributed by atoms with Crippen LogP contribution in [0.15, 0.2) is 51.4 Å². The lowest BCUT2D eigenvalue weighted by atomic mass is 10.0. The molecule has 0 spiro atoms. The molecule has 2 aromatic rings. The van der Waals surface area contributed by atoms with Gasteiger partial charge in [0.05, 0.1) is 5.38 Å². The van der Waals surface area contributed by atoms with Crippen molar-refractivity contribution in [1.29, 1.82) is 0 Å². The van der Waals surface area contributed by atoms with Crippen molar-refractivity contribution in [3.8, 4) is 0 Å². The number of benzene rings is 2. The highest BCUT2D eigenvalue weighted by atomic mass is 79.9. The number of hydrogen-bond donors (Lipinski definition) is 0. The van der Waals surface area contributed by atoms with E-state index in [0.717, 1.165) is 20.9 Å². The molecule has 0 N–H and O–H groups in total. The predicted octanol–water partition coefficient (Wildman–Crippen LogP) is 6.04. The van der Waals surface area contributed by atoms with E-state index < -0.39 is 0 Å². The predicted molar refractivity (Wildman–Crippen MR) is 85.3 cm³/mol. The molecule has 0 heterocycles. The van der Waals surface area contributed by atoms with Gasteiger partial charge in [-0.05, 0) is 42.2 Å². The monoisotopic (exact) mass is 386 g/mol. The molecule has 2 rings (SSSR count). The second kappa shape index (κ2) is 6.23. The van der Waals surface area contributed by atoms with Crippen molar-refractivity contribution >= 4 is 43.5 Å².